The predicted molar refractivity (Wildman–Crippen MR) is 61.8 cm³/mol. The zero-order valence-electron chi connectivity index (χ0n) is 10.0. The van der Waals surface area contributed by atoms with E-state index >= 15 is 0 Å². The molecule has 1 atom stereocenters. The van der Waals surface area contributed by atoms with E-state index in [9.17, 15) is 4.79 Å². The van der Waals surface area contributed by atoms with E-state index in [1.54, 1.807) is 0 Å². The van der Waals surface area contributed by atoms with Crippen LogP contribution in [0, 0.1) is 0 Å². The van der Waals surface area contributed by atoms with Gasteiger partial charge in [0.1, 0.15) is 0 Å². The van der Waals surface area contributed by atoms with E-state index in [2.05, 4.69) is 22.5 Å². The zero-order valence-corrected chi connectivity index (χ0v) is 10.0. The van der Waals surface area contributed by atoms with Crippen LogP contribution in [-0.4, -0.2) is 49.6 Å². The van der Waals surface area contributed by atoms with E-state index < -0.39 is 0 Å². The van der Waals surface area contributed by atoms with Crippen molar-refractivity contribution in [2.75, 3.05) is 26.7 Å². The second-order valence-corrected chi connectivity index (χ2v) is 4.23. The van der Waals surface area contributed by atoms with Crippen LogP contribution in [0.5, 0.6) is 0 Å². The summed E-state index contributed by atoms with van der Waals surface area (Å²) in [7, 11) is 1.81. The number of nitrogens with zero attached hydrogens (tertiary/aromatic N) is 1. The summed E-state index contributed by atoms with van der Waals surface area (Å²) in [5.41, 5.74) is 0. The van der Waals surface area contributed by atoms with E-state index in [-0.39, 0.29) is 11.9 Å². The Morgan fingerprint density at radius 1 is 1.47 bits per heavy atom. The first kappa shape index (κ1) is 12.5. The Labute approximate surface area is 92.4 Å². The first-order valence-electron chi connectivity index (χ1n) is 5.87. The molecule has 0 saturated carbocycles. The maximum atomic E-state index is 11.6. The lowest BCUT2D eigenvalue weighted by atomic mass is 10.0. The molecule has 1 aliphatic rings. The maximum absolute atomic E-state index is 11.6. The molecule has 1 aliphatic heterocycles. The maximum Gasteiger partial charge on any atom is 0.237 e. The van der Waals surface area contributed by atoms with Crippen molar-refractivity contribution in [1.29, 1.82) is 0 Å². The molecule has 1 saturated heterocycles. The van der Waals surface area contributed by atoms with Crippen molar-refractivity contribution >= 4 is 5.91 Å². The monoisotopic (exact) mass is 213 g/mol. The van der Waals surface area contributed by atoms with Gasteiger partial charge in [0, 0.05) is 19.1 Å². The Morgan fingerprint density at radius 2 is 2.07 bits per heavy atom. The van der Waals surface area contributed by atoms with Crippen molar-refractivity contribution in [2.45, 2.75) is 38.8 Å². The van der Waals surface area contributed by atoms with Crippen LogP contribution in [0.15, 0.2) is 0 Å². The van der Waals surface area contributed by atoms with Gasteiger partial charge in [0.15, 0.2) is 0 Å². The Bertz CT molecular complexity index is 200. The molecule has 0 aromatic carbocycles. The van der Waals surface area contributed by atoms with E-state index in [1.807, 2.05) is 14.0 Å². The molecule has 1 unspecified atom stereocenters. The fourth-order valence-electron chi connectivity index (χ4n) is 1.85. The average Bonchev–Trinajstić information content (AvgIpc) is 2.29. The van der Waals surface area contributed by atoms with E-state index in [4.69, 9.17) is 0 Å². The molecule has 1 rings (SSSR count). The summed E-state index contributed by atoms with van der Waals surface area (Å²) in [6, 6.07) is 0.283. The van der Waals surface area contributed by atoms with Gasteiger partial charge in [0.2, 0.25) is 5.91 Å². The minimum Gasteiger partial charge on any atom is -0.352 e. The van der Waals surface area contributed by atoms with Crippen molar-refractivity contribution in [1.82, 2.24) is 15.5 Å². The summed E-state index contributed by atoms with van der Waals surface area (Å²) in [6.45, 7) is 7.40. The number of carbonyl (C=O) groups excluding carboxylic acids is 1. The fraction of sp³-hybridized carbons (Fsp3) is 0.909. The van der Waals surface area contributed by atoms with Gasteiger partial charge in [-0.15, -0.1) is 0 Å². The predicted octanol–water partition coefficient (Wildman–Crippen LogP) is 0.195. The van der Waals surface area contributed by atoms with Crippen molar-refractivity contribution in [3.63, 3.8) is 0 Å². The lowest BCUT2D eigenvalue weighted by Crippen LogP contribution is -2.49. The lowest BCUT2D eigenvalue weighted by molar-refractivity contribution is -0.123. The molecule has 4 heteroatoms. The van der Waals surface area contributed by atoms with E-state index in [0.29, 0.717) is 6.04 Å². The highest BCUT2D eigenvalue weighted by Gasteiger charge is 2.21. The number of carbonyl (C=O) groups is 1. The number of hydrogen-bond acceptors (Lipinski definition) is 3. The van der Waals surface area contributed by atoms with Crippen LogP contribution in [0.2, 0.25) is 0 Å². The molecule has 0 radical (unpaired) electrons. The Hall–Kier alpha value is -0.610. The molecule has 4 nitrogen and oxygen atoms in total. The average molecular weight is 213 g/mol. The summed E-state index contributed by atoms with van der Waals surface area (Å²) >= 11 is 0. The molecule has 2 N–H and O–H groups in total. The zero-order chi connectivity index (χ0) is 11.3. The van der Waals surface area contributed by atoms with Crippen LogP contribution in [-0.2, 0) is 4.79 Å². The molecule has 1 amide bonds. The first-order chi connectivity index (χ1) is 7.17. The number of piperidine rings is 1. The summed E-state index contributed by atoms with van der Waals surface area (Å²) < 4.78 is 0. The molecular formula is C11H23N3O. The third-order valence-electron chi connectivity index (χ3n) is 3.21. The Morgan fingerprint density at radius 3 is 2.53 bits per heavy atom. The standard InChI is InChI=1S/C11H23N3O/c1-4-14-7-5-10(6-8-14)13-11(15)9(2)12-3/h9-10,12H,4-8H2,1-3H3,(H,13,15). The van der Waals surface area contributed by atoms with Gasteiger partial charge in [0.25, 0.3) is 0 Å². The minimum absolute atomic E-state index is 0.0887. The molecular weight excluding hydrogens is 190 g/mol. The first-order valence-corrected chi connectivity index (χ1v) is 5.87. The number of likely N-dealkylation sites (N-methyl/N-ethyl adjacent to an activating group) is 1. The van der Waals surface area contributed by atoms with Gasteiger partial charge >= 0.3 is 0 Å². The Balaban J connectivity index is 2.26. The van der Waals surface area contributed by atoms with Crippen LogP contribution in [0.25, 0.3) is 0 Å². The number of rotatable bonds is 4. The minimum atomic E-state index is -0.0887. The van der Waals surface area contributed by atoms with Crippen LogP contribution >= 0.6 is 0 Å². The molecule has 0 aliphatic carbocycles. The van der Waals surface area contributed by atoms with Crippen molar-refractivity contribution < 1.29 is 4.79 Å². The van der Waals surface area contributed by atoms with Crippen molar-refractivity contribution in [3.05, 3.63) is 0 Å². The fourth-order valence-corrected chi connectivity index (χ4v) is 1.85. The number of likely N-dealkylation sites (tertiary alicyclic amines) is 1. The summed E-state index contributed by atoms with van der Waals surface area (Å²) in [6.07, 6.45) is 2.16. The van der Waals surface area contributed by atoms with Gasteiger partial charge in [-0.25, -0.2) is 0 Å². The van der Waals surface area contributed by atoms with Gasteiger partial charge in [0.05, 0.1) is 6.04 Å². The smallest absolute Gasteiger partial charge is 0.237 e. The summed E-state index contributed by atoms with van der Waals surface area (Å²) in [4.78, 5) is 14.0. The largest absolute Gasteiger partial charge is 0.352 e. The normalized spacial score (nSPS) is 21.3. The van der Waals surface area contributed by atoms with Gasteiger partial charge < -0.3 is 15.5 Å². The molecule has 0 aromatic heterocycles. The summed E-state index contributed by atoms with van der Waals surface area (Å²) in [5, 5.41) is 6.04. The molecule has 15 heavy (non-hydrogen) atoms. The highest BCUT2D eigenvalue weighted by molar-refractivity contribution is 5.81. The van der Waals surface area contributed by atoms with Crippen molar-refractivity contribution in [2.24, 2.45) is 0 Å². The van der Waals surface area contributed by atoms with Crippen molar-refractivity contribution in [3.8, 4) is 0 Å². The highest BCUT2D eigenvalue weighted by Crippen LogP contribution is 2.09. The van der Waals surface area contributed by atoms with Gasteiger partial charge in [-0.1, -0.05) is 6.92 Å². The van der Waals surface area contributed by atoms with Crippen LogP contribution in [0.4, 0.5) is 0 Å². The van der Waals surface area contributed by atoms with Gasteiger partial charge in [-0.05, 0) is 33.4 Å². The molecule has 0 bridgehead atoms. The SMILES string of the molecule is CCN1CCC(NC(=O)C(C)NC)CC1. The highest BCUT2D eigenvalue weighted by atomic mass is 16.2. The number of amides is 1. The quantitative estimate of drug-likeness (QED) is 0.701. The third kappa shape index (κ3) is 3.80. The Kier molecular flexibility index (Phi) is 5.05. The van der Waals surface area contributed by atoms with Crippen LogP contribution in [0.1, 0.15) is 26.7 Å². The molecule has 1 fully saturated rings. The molecule has 0 spiro atoms. The lowest BCUT2D eigenvalue weighted by Gasteiger charge is -2.31. The molecule has 0 aromatic rings. The second-order valence-electron chi connectivity index (χ2n) is 4.23. The van der Waals surface area contributed by atoms with E-state index in [1.165, 1.54) is 0 Å². The van der Waals surface area contributed by atoms with Gasteiger partial charge in [-0.2, -0.15) is 0 Å². The number of nitrogens with one attached hydrogen (secondary N) is 2. The van der Waals surface area contributed by atoms with Crippen LogP contribution < -0.4 is 10.6 Å². The molecule has 88 valence electrons. The topological polar surface area (TPSA) is 44.4 Å². The van der Waals surface area contributed by atoms with E-state index in [0.717, 1.165) is 32.5 Å². The number of hydrogen-bond donors (Lipinski definition) is 2. The second kappa shape index (κ2) is 6.08. The van der Waals surface area contributed by atoms with Gasteiger partial charge in [-0.3, -0.25) is 4.79 Å². The van der Waals surface area contributed by atoms with Crippen LogP contribution in [0.3, 0.4) is 0 Å². The summed E-state index contributed by atoms with van der Waals surface area (Å²) in [5.74, 6) is 0.118. The third-order valence-corrected chi connectivity index (χ3v) is 3.21. The molecule has 1 heterocycles.